The molecule has 112 valence electrons. The third-order valence-corrected chi connectivity index (χ3v) is 4.04. The van der Waals surface area contributed by atoms with E-state index in [1.165, 1.54) is 0 Å². The highest BCUT2D eigenvalue weighted by atomic mass is 35.5. The fraction of sp³-hybridized carbons (Fsp3) is 0.733. The van der Waals surface area contributed by atoms with E-state index < -0.39 is 0 Å². The number of nitrogens with zero attached hydrogens (tertiary/aromatic N) is 3. The Labute approximate surface area is 125 Å². The van der Waals surface area contributed by atoms with Crippen LogP contribution >= 0.6 is 11.6 Å². The molecule has 20 heavy (non-hydrogen) atoms. The molecule has 1 fully saturated rings. The van der Waals surface area contributed by atoms with Gasteiger partial charge in [-0.05, 0) is 31.6 Å². The van der Waals surface area contributed by atoms with Crippen molar-refractivity contribution in [2.45, 2.75) is 52.1 Å². The number of aromatic nitrogens is 2. The minimum absolute atomic E-state index is 0.0407. The molecule has 1 aliphatic rings. The lowest BCUT2D eigenvalue weighted by Crippen LogP contribution is -2.37. The van der Waals surface area contributed by atoms with Gasteiger partial charge in [0.25, 0.3) is 5.56 Å². The molecule has 1 aliphatic heterocycles. The molecule has 0 aromatic carbocycles. The highest BCUT2D eigenvalue weighted by Crippen LogP contribution is 2.24. The number of alkyl halides is 1. The Morgan fingerprint density at radius 3 is 3.00 bits per heavy atom. The maximum Gasteiger partial charge on any atom is 0.293 e. The average molecular weight is 298 g/mol. The predicted octanol–water partition coefficient (Wildman–Crippen LogP) is 2.89. The monoisotopic (exact) mass is 297 g/mol. The van der Waals surface area contributed by atoms with Crippen LogP contribution in [0.1, 0.15) is 39.5 Å². The van der Waals surface area contributed by atoms with Gasteiger partial charge in [-0.25, -0.2) is 4.98 Å². The molecule has 0 amide bonds. The maximum absolute atomic E-state index is 12.5. The summed E-state index contributed by atoms with van der Waals surface area (Å²) < 4.78 is 1.78. The summed E-state index contributed by atoms with van der Waals surface area (Å²) in [6, 6.07) is 0.420. The van der Waals surface area contributed by atoms with E-state index in [-0.39, 0.29) is 5.56 Å². The zero-order chi connectivity index (χ0) is 14.5. The van der Waals surface area contributed by atoms with Crippen LogP contribution in [0.5, 0.6) is 0 Å². The lowest BCUT2D eigenvalue weighted by molar-refractivity contribution is 0.506. The second-order valence-corrected chi connectivity index (χ2v) is 6.30. The molecular formula is C15H24ClN3O. The topological polar surface area (TPSA) is 38.1 Å². The van der Waals surface area contributed by atoms with Gasteiger partial charge in [-0.15, -0.1) is 11.6 Å². The molecule has 4 nitrogen and oxygen atoms in total. The summed E-state index contributed by atoms with van der Waals surface area (Å²) in [5.74, 6) is 1.75. The van der Waals surface area contributed by atoms with Gasteiger partial charge >= 0.3 is 0 Å². The van der Waals surface area contributed by atoms with Gasteiger partial charge in [0, 0.05) is 37.4 Å². The van der Waals surface area contributed by atoms with Gasteiger partial charge in [0.1, 0.15) is 0 Å². The molecule has 1 atom stereocenters. The molecule has 0 aliphatic carbocycles. The van der Waals surface area contributed by atoms with Crippen molar-refractivity contribution >= 4 is 17.4 Å². The van der Waals surface area contributed by atoms with Gasteiger partial charge in [0.05, 0.1) is 0 Å². The van der Waals surface area contributed by atoms with E-state index in [9.17, 15) is 4.79 Å². The minimum Gasteiger partial charge on any atom is -0.349 e. The van der Waals surface area contributed by atoms with E-state index >= 15 is 0 Å². The van der Waals surface area contributed by atoms with Crippen molar-refractivity contribution in [3.8, 4) is 0 Å². The van der Waals surface area contributed by atoms with Crippen molar-refractivity contribution < 1.29 is 0 Å². The van der Waals surface area contributed by atoms with Gasteiger partial charge < -0.3 is 9.47 Å². The van der Waals surface area contributed by atoms with Crippen LogP contribution in [-0.4, -0.2) is 28.0 Å². The summed E-state index contributed by atoms with van der Waals surface area (Å²) in [5.41, 5.74) is 0.0407. The van der Waals surface area contributed by atoms with Crippen LogP contribution < -0.4 is 10.5 Å². The van der Waals surface area contributed by atoms with Crippen LogP contribution in [0.4, 0.5) is 5.82 Å². The molecule has 1 unspecified atom stereocenters. The van der Waals surface area contributed by atoms with Crippen molar-refractivity contribution in [3.63, 3.8) is 0 Å². The summed E-state index contributed by atoms with van der Waals surface area (Å²) in [6.45, 7) is 5.91. The molecular weight excluding hydrogens is 274 g/mol. The normalized spacial score (nSPS) is 19.0. The third kappa shape index (κ3) is 3.54. The second-order valence-electron chi connectivity index (χ2n) is 5.92. The first-order valence-electron chi connectivity index (χ1n) is 7.51. The number of halogens is 1. The summed E-state index contributed by atoms with van der Waals surface area (Å²) in [5, 5.41) is 0. The van der Waals surface area contributed by atoms with Crippen LogP contribution in [0.25, 0.3) is 0 Å². The van der Waals surface area contributed by atoms with E-state index in [2.05, 4.69) is 23.7 Å². The molecule has 1 aromatic rings. The minimum atomic E-state index is 0.0407. The molecule has 1 aromatic heterocycles. The Bertz CT molecular complexity index is 486. The molecule has 0 saturated carbocycles. The van der Waals surface area contributed by atoms with Crippen molar-refractivity contribution in [2.24, 2.45) is 5.92 Å². The van der Waals surface area contributed by atoms with E-state index in [1.54, 1.807) is 17.0 Å². The number of hydrogen-bond donors (Lipinski definition) is 0. The first-order chi connectivity index (χ1) is 9.63. The Balaban J connectivity index is 2.21. The van der Waals surface area contributed by atoms with Crippen LogP contribution in [0.15, 0.2) is 17.2 Å². The lowest BCUT2D eigenvalue weighted by atomic mass is 10.1. The summed E-state index contributed by atoms with van der Waals surface area (Å²) in [7, 11) is 0. The Kier molecular flexibility index (Phi) is 5.46. The summed E-state index contributed by atoms with van der Waals surface area (Å²) in [4.78, 5) is 19.1. The smallest absolute Gasteiger partial charge is 0.293 e. The van der Waals surface area contributed by atoms with Gasteiger partial charge in [0.15, 0.2) is 5.82 Å². The van der Waals surface area contributed by atoms with E-state index in [4.69, 9.17) is 11.6 Å². The zero-order valence-corrected chi connectivity index (χ0v) is 13.1. The molecule has 5 heteroatoms. The Hall–Kier alpha value is -1.03. The van der Waals surface area contributed by atoms with Crippen molar-refractivity contribution in [1.82, 2.24) is 9.55 Å². The average Bonchev–Trinajstić information content (AvgIpc) is 2.86. The van der Waals surface area contributed by atoms with Gasteiger partial charge in [-0.2, -0.15) is 0 Å². The number of hydrogen-bond acceptors (Lipinski definition) is 3. The lowest BCUT2D eigenvalue weighted by Gasteiger charge is -2.25. The SMILES string of the molecule is CC(C)Cn1ccnc(N2CCCC2CCCCl)c1=O. The standard InChI is InChI=1S/C15H24ClN3O/c1-12(2)11-18-10-8-17-14(15(18)20)19-9-4-6-13(19)5-3-7-16/h8,10,12-13H,3-7,9,11H2,1-2H3. The van der Waals surface area contributed by atoms with Crippen LogP contribution in [0, 0.1) is 5.92 Å². The fourth-order valence-corrected chi connectivity index (χ4v) is 3.05. The maximum atomic E-state index is 12.5. The highest BCUT2D eigenvalue weighted by molar-refractivity contribution is 6.17. The first-order valence-corrected chi connectivity index (χ1v) is 8.05. The molecule has 0 N–H and O–H groups in total. The van der Waals surface area contributed by atoms with Crippen molar-refractivity contribution in [3.05, 3.63) is 22.7 Å². The Morgan fingerprint density at radius 2 is 2.30 bits per heavy atom. The van der Waals surface area contributed by atoms with Crippen LogP contribution in [0.2, 0.25) is 0 Å². The number of rotatable bonds is 6. The molecule has 1 saturated heterocycles. The Morgan fingerprint density at radius 1 is 1.50 bits per heavy atom. The van der Waals surface area contributed by atoms with Gasteiger partial charge in [-0.1, -0.05) is 13.8 Å². The van der Waals surface area contributed by atoms with Crippen LogP contribution in [0.3, 0.4) is 0 Å². The molecule has 2 heterocycles. The van der Waals surface area contributed by atoms with Gasteiger partial charge in [0.2, 0.25) is 0 Å². The van der Waals surface area contributed by atoms with E-state index in [0.717, 1.165) is 38.8 Å². The van der Waals surface area contributed by atoms with Crippen molar-refractivity contribution in [2.75, 3.05) is 17.3 Å². The molecule has 0 radical (unpaired) electrons. The highest BCUT2D eigenvalue weighted by Gasteiger charge is 2.27. The first kappa shape index (κ1) is 15.4. The van der Waals surface area contributed by atoms with E-state index in [1.807, 2.05) is 0 Å². The largest absolute Gasteiger partial charge is 0.349 e. The third-order valence-electron chi connectivity index (χ3n) is 3.78. The second kappa shape index (κ2) is 7.11. The quantitative estimate of drug-likeness (QED) is 0.758. The molecule has 2 rings (SSSR count). The summed E-state index contributed by atoms with van der Waals surface area (Å²) in [6.07, 6.45) is 7.84. The van der Waals surface area contributed by atoms with E-state index in [0.29, 0.717) is 23.7 Å². The molecule has 0 spiro atoms. The van der Waals surface area contributed by atoms with Gasteiger partial charge in [-0.3, -0.25) is 4.79 Å². The zero-order valence-electron chi connectivity index (χ0n) is 12.4. The summed E-state index contributed by atoms with van der Waals surface area (Å²) >= 11 is 5.79. The predicted molar refractivity (Wildman–Crippen MR) is 83.7 cm³/mol. The van der Waals surface area contributed by atoms with Crippen LogP contribution in [-0.2, 0) is 6.54 Å². The fourth-order valence-electron chi connectivity index (χ4n) is 2.90. The molecule has 0 bridgehead atoms. The number of anilines is 1. The van der Waals surface area contributed by atoms with Crippen molar-refractivity contribution in [1.29, 1.82) is 0 Å².